The summed E-state index contributed by atoms with van der Waals surface area (Å²) in [7, 11) is 0. The number of furan rings is 1. The van der Waals surface area contributed by atoms with E-state index in [-0.39, 0.29) is 15.8 Å². The average Bonchev–Trinajstić information content (AvgIpc) is 3.52. The first-order valence-corrected chi connectivity index (χ1v) is 12.9. The van der Waals surface area contributed by atoms with Crippen LogP contribution >= 0.6 is 34.5 Å². The van der Waals surface area contributed by atoms with E-state index in [1.165, 1.54) is 4.57 Å². The zero-order chi connectivity index (χ0) is 25.9. The molecule has 0 unspecified atom stereocenters. The second kappa shape index (κ2) is 10.8. The molecule has 0 saturated carbocycles. The summed E-state index contributed by atoms with van der Waals surface area (Å²) >= 11 is 13.2. The molecule has 10 heteroatoms. The molecule has 0 N–H and O–H groups in total. The van der Waals surface area contributed by atoms with E-state index < -0.39 is 5.91 Å². The van der Waals surface area contributed by atoms with Crippen LogP contribution in [0.25, 0.3) is 28.7 Å². The van der Waals surface area contributed by atoms with Crippen LogP contribution in [0.15, 0.2) is 69.9 Å². The highest BCUT2D eigenvalue weighted by Gasteiger charge is 2.24. The van der Waals surface area contributed by atoms with Crippen molar-refractivity contribution in [2.24, 2.45) is 0 Å². The number of rotatable bonds is 4. The van der Waals surface area contributed by atoms with E-state index in [0.717, 1.165) is 16.9 Å². The molecule has 0 aliphatic carbocycles. The first kappa shape index (κ1) is 25.1. The van der Waals surface area contributed by atoms with Crippen molar-refractivity contribution in [3.8, 4) is 23.1 Å². The molecule has 0 bridgehead atoms. The Morgan fingerprint density at radius 2 is 1.78 bits per heavy atom. The number of para-hydroxylation sites is 1. The topological polar surface area (TPSA) is 88.5 Å². The third-order valence-corrected chi connectivity index (χ3v) is 7.61. The molecule has 1 fully saturated rings. The van der Waals surface area contributed by atoms with Gasteiger partial charge in [0.2, 0.25) is 0 Å². The van der Waals surface area contributed by atoms with Crippen LogP contribution in [0.3, 0.4) is 0 Å². The Morgan fingerprint density at radius 1 is 1.03 bits per heavy atom. The molecule has 1 saturated heterocycles. The van der Waals surface area contributed by atoms with Crippen LogP contribution in [0.2, 0.25) is 10.0 Å². The summed E-state index contributed by atoms with van der Waals surface area (Å²) in [5, 5.41) is 10.8. The van der Waals surface area contributed by atoms with E-state index in [1.54, 1.807) is 65.6 Å². The van der Waals surface area contributed by atoms with Gasteiger partial charge in [0, 0.05) is 24.7 Å². The highest BCUT2D eigenvalue weighted by molar-refractivity contribution is 7.07. The lowest BCUT2D eigenvalue weighted by Crippen LogP contribution is -2.42. The maximum absolute atomic E-state index is 13.6. The highest BCUT2D eigenvalue weighted by Crippen LogP contribution is 2.29. The van der Waals surface area contributed by atoms with Gasteiger partial charge in [-0.25, -0.2) is 0 Å². The van der Waals surface area contributed by atoms with E-state index in [9.17, 15) is 14.9 Å². The van der Waals surface area contributed by atoms with Gasteiger partial charge in [0.1, 0.15) is 22.3 Å². The van der Waals surface area contributed by atoms with Gasteiger partial charge in [0.05, 0.1) is 33.5 Å². The van der Waals surface area contributed by atoms with Crippen LogP contribution in [-0.4, -0.2) is 41.7 Å². The van der Waals surface area contributed by atoms with Gasteiger partial charge in [-0.05, 0) is 42.5 Å². The maximum atomic E-state index is 13.6. The van der Waals surface area contributed by atoms with Crippen molar-refractivity contribution in [3.05, 3.63) is 96.0 Å². The number of amides is 1. The summed E-state index contributed by atoms with van der Waals surface area (Å²) in [5.74, 6) is 0.559. The number of hydrogen-bond acceptors (Lipinski definition) is 6. The van der Waals surface area contributed by atoms with Gasteiger partial charge >= 0.3 is 0 Å². The highest BCUT2D eigenvalue weighted by atomic mass is 35.5. The second-order valence-electron chi connectivity index (χ2n) is 8.11. The molecule has 37 heavy (non-hydrogen) atoms. The van der Waals surface area contributed by atoms with Gasteiger partial charge in [-0.3, -0.25) is 14.2 Å². The molecule has 3 heterocycles. The molecule has 0 atom stereocenters. The molecular formula is C27H19Cl2N3O4S. The van der Waals surface area contributed by atoms with E-state index in [2.05, 4.69) is 0 Å². The van der Waals surface area contributed by atoms with Crippen LogP contribution in [0.5, 0.6) is 0 Å². The van der Waals surface area contributed by atoms with Crippen LogP contribution in [0, 0.1) is 11.3 Å². The molecule has 5 rings (SSSR count). The lowest BCUT2D eigenvalue weighted by atomic mass is 10.2. The zero-order valence-corrected chi connectivity index (χ0v) is 21.6. The number of ether oxygens (including phenoxy) is 1. The first-order valence-electron chi connectivity index (χ1n) is 11.3. The van der Waals surface area contributed by atoms with Crippen LogP contribution in [-0.2, 0) is 9.53 Å². The fraction of sp³-hybridized carbons (Fsp3) is 0.148. The van der Waals surface area contributed by atoms with Crippen molar-refractivity contribution >= 4 is 52.1 Å². The van der Waals surface area contributed by atoms with Gasteiger partial charge < -0.3 is 14.1 Å². The van der Waals surface area contributed by atoms with Gasteiger partial charge in [-0.15, -0.1) is 11.3 Å². The fourth-order valence-electron chi connectivity index (χ4n) is 3.94. The van der Waals surface area contributed by atoms with Crippen molar-refractivity contribution in [3.63, 3.8) is 0 Å². The van der Waals surface area contributed by atoms with Gasteiger partial charge in [-0.2, -0.15) is 5.26 Å². The molecular weight excluding hydrogens is 533 g/mol. The number of thiazole rings is 1. The summed E-state index contributed by atoms with van der Waals surface area (Å²) < 4.78 is 13.3. The third kappa shape index (κ3) is 5.13. The van der Waals surface area contributed by atoms with E-state index >= 15 is 0 Å². The molecule has 1 amide bonds. The monoisotopic (exact) mass is 551 g/mol. The average molecular weight is 552 g/mol. The Balaban J connectivity index is 1.66. The Bertz CT molecular complexity index is 1690. The molecule has 1 aliphatic heterocycles. The molecule has 2 aromatic carbocycles. The van der Waals surface area contributed by atoms with Gasteiger partial charge in [0.25, 0.3) is 11.5 Å². The maximum Gasteiger partial charge on any atom is 0.273 e. The second-order valence-corrected chi connectivity index (χ2v) is 9.96. The Hall–Kier alpha value is -3.61. The summed E-state index contributed by atoms with van der Waals surface area (Å²) in [6.07, 6.45) is 1.60. The number of carbonyl (C=O) groups excluding carboxylic acids is 1. The third-order valence-electron chi connectivity index (χ3n) is 5.78. The predicted molar refractivity (Wildman–Crippen MR) is 143 cm³/mol. The summed E-state index contributed by atoms with van der Waals surface area (Å²) in [6, 6.07) is 19.6. The molecule has 1 aliphatic rings. The van der Waals surface area contributed by atoms with Gasteiger partial charge in [-0.1, -0.05) is 41.4 Å². The van der Waals surface area contributed by atoms with Crippen LogP contribution < -0.4 is 14.8 Å². The first-order chi connectivity index (χ1) is 18.0. The number of carbonyl (C=O) groups is 1. The van der Waals surface area contributed by atoms with Crippen molar-refractivity contribution < 1.29 is 13.9 Å². The Labute approximate surface area is 225 Å². The summed E-state index contributed by atoms with van der Waals surface area (Å²) in [6.45, 7) is 1.57. The van der Waals surface area contributed by atoms with Crippen molar-refractivity contribution in [2.45, 2.75) is 0 Å². The Kier molecular flexibility index (Phi) is 7.31. The minimum Gasteiger partial charge on any atom is -0.457 e. The van der Waals surface area contributed by atoms with E-state index in [0.29, 0.717) is 58.1 Å². The van der Waals surface area contributed by atoms with Gasteiger partial charge in [0.15, 0.2) is 5.57 Å². The van der Waals surface area contributed by atoms with Crippen LogP contribution in [0.4, 0.5) is 0 Å². The van der Waals surface area contributed by atoms with E-state index in [4.69, 9.17) is 32.4 Å². The molecule has 186 valence electrons. The van der Waals surface area contributed by atoms with Crippen LogP contribution in [0.1, 0.15) is 5.76 Å². The normalized spacial score (nSPS) is 14.9. The molecule has 0 spiro atoms. The predicted octanol–water partition coefficient (Wildman–Crippen LogP) is 3.83. The molecule has 7 nitrogen and oxygen atoms in total. The minimum atomic E-state index is -0.428. The summed E-state index contributed by atoms with van der Waals surface area (Å²) in [4.78, 5) is 28.4. The Morgan fingerprint density at radius 3 is 2.49 bits per heavy atom. The molecule has 4 aromatic rings. The summed E-state index contributed by atoms with van der Waals surface area (Å²) in [5.41, 5.74) is 0.834. The quantitative estimate of drug-likeness (QED) is 0.384. The number of nitrogens with zero attached hydrogens (tertiary/aromatic N) is 3. The number of halogens is 2. The van der Waals surface area contributed by atoms with Crippen molar-refractivity contribution in [1.82, 2.24) is 9.47 Å². The lowest BCUT2D eigenvalue weighted by Gasteiger charge is -2.26. The lowest BCUT2D eigenvalue weighted by molar-refractivity contribution is -0.128. The number of morpholine rings is 1. The zero-order valence-electron chi connectivity index (χ0n) is 19.3. The van der Waals surface area contributed by atoms with Crippen molar-refractivity contribution in [1.29, 1.82) is 5.26 Å². The smallest absolute Gasteiger partial charge is 0.273 e. The molecule has 2 aromatic heterocycles. The number of benzene rings is 2. The molecule has 0 radical (unpaired) electrons. The number of nitriles is 1. The number of hydrogen-bond donors (Lipinski definition) is 0. The number of aromatic nitrogens is 1. The minimum absolute atomic E-state index is 0.0940. The largest absolute Gasteiger partial charge is 0.457 e. The van der Waals surface area contributed by atoms with E-state index in [1.807, 2.05) is 12.1 Å². The fourth-order valence-corrected chi connectivity index (χ4v) is 5.31. The standard InChI is InChI=1S/C27H19Cl2N3O4S/c28-21-8-6-17(14-22(21)29)23-9-7-19(36-23)15-24-26(34)32(18-4-2-1-3-5-18)27(37-24)20(16-30)25(33)31-10-12-35-13-11-31/h1-9,14-15H,10-13H2. The van der Waals surface area contributed by atoms with Crippen molar-refractivity contribution in [2.75, 3.05) is 26.3 Å². The SMILES string of the molecule is N#CC(C(=O)N1CCOCC1)=c1sc(=Cc2ccc(-c3ccc(Cl)c(Cl)c3)o2)c(=O)n1-c1ccccc1.